The van der Waals surface area contributed by atoms with Crippen LogP contribution in [0.15, 0.2) is 12.1 Å². The monoisotopic (exact) mass is 266 g/mol. The fourth-order valence-electron chi connectivity index (χ4n) is 1.68. The molecule has 0 aromatic carbocycles. The van der Waals surface area contributed by atoms with E-state index < -0.39 is 5.60 Å². The van der Waals surface area contributed by atoms with E-state index in [1.165, 1.54) is 4.90 Å². The summed E-state index contributed by atoms with van der Waals surface area (Å²) < 4.78 is 0. The van der Waals surface area contributed by atoms with E-state index >= 15 is 0 Å². The van der Waals surface area contributed by atoms with Gasteiger partial charge in [0.05, 0.1) is 5.60 Å². The Morgan fingerprint density at radius 1 is 1.42 bits per heavy atom. The molecule has 0 aliphatic heterocycles. The number of rotatable bonds is 6. The van der Waals surface area contributed by atoms with Crippen molar-refractivity contribution in [2.45, 2.75) is 32.3 Å². The maximum Gasteiger partial charge on any atom is 0.273 e. The summed E-state index contributed by atoms with van der Waals surface area (Å²) in [6.45, 7) is 4.20. The minimum absolute atomic E-state index is 0.183. The lowest BCUT2D eigenvalue weighted by atomic mass is 10.0. The molecular formula is C13H22N4O2. The molecule has 1 atom stereocenters. The van der Waals surface area contributed by atoms with Crippen LogP contribution in [0.1, 0.15) is 37.2 Å². The Hall–Kier alpha value is -1.69. The van der Waals surface area contributed by atoms with Crippen LogP contribution in [0.25, 0.3) is 0 Å². The predicted octanol–water partition coefficient (Wildman–Crippen LogP) is 1.14. The molecule has 0 aliphatic rings. The lowest BCUT2D eigenvalue weighted by molar-refractivity contribution is 0.0635. The summed E-state index contributed by atoms with van der Waals surface area (Å²) in [6, 6.07) is 3.30. The van der Waals surface area contributed by atoms with Gasteiger partial charge < -0.3 is 15.3 Å². The Labute approximate surface area is 113 Å². The second-order valence-corrected chi connectivity index (χ2v) is 5.10. The third-order valence-electron chi connectivity index (χ3n) is 2.73. The van der Waals surface area contributed by atoms with Gasteiger partial charge in [-0.2, -0.15) is 0 Å². The zero-order chi connectivity index (χ0) is 14.5. The molecule has 106 valence electrons. The van der Waals surface area contributed by atoms with Gasteiger partial charge in [0, 0.05) is 20.6 Å². The van der Waals surface area contributed by atoms with E-state index in [0.717, 1.165) is 6.42 Å². The van der Waals surface area contributed by atoms with Gasteiger partial charge in [-0.25, -0.2) is 0 Å². The lowest BCUT2D eigenvalue weighted by Crippen LogP contribution is -2.33. The normalized spacial score (nSPS) is 13.7. The highest BCUT2D eigenvalue weighted by Gasteiger charge is 2.19. The Morgan fingerprint density at radius 3 is 2.58 bits per heavy atom. The molecule has 0 aliphatic carbocycles. The molecule has 6 nitrogen and oxygen atoms in total. The third kappa shape index (κ3) is 4.82. The summed E-state index contributed by atoms with van der Waals surface area (Å²) in [5.41, 5.74) is -0.468. The van der Waals surface area contributed by atoms with Crippen LogP contribution in [0.3, 0.4) is 0 Å². The van der Waals surface area contributed by atoms with Crippen molar-refractivity contribution in [3.05, 3.63) is 17.8 Å². The van der Waals surface area contributed by atoms with Crippen LogP contribution in [0.2, 0.25) is 0 Å². The van der Waals surface area contributed by atoms with Gasteiger partial charge in [0.15, 0.2) is 5.69 Å². The summed E-state index contributed by atoms with van der Waals surface area (Å²) in [6.07, 6.45) is 1.63. The molecule has 6 heteroatoms. The minimum Gasteiger partial charge on any atom is -0.388 e. The summed E-state index contributed by atoms with van der Waals surface area (Å²) in [5, 5.41) is 20.8. The summed E-state index contributed by atoms with van der Waals surface area (Å²) in [7, 11) is 3.33. The first kappa shape index (κ1) is 15.4. The number of anilines is 1. The fourth-order valence-corrected chi connectivity index (χ4v) is 1.68. The number of amides is 1. The lowest BCUT2D eigenvalue weighted by Gasteiger charge is -2.23. The van der Waals surface area contributed by atoms with Gasteiger partial charge in [0.1, 0.15) is 5.82 Å². The van der Waals surface area contributed by atoms with Gasteiger partial charge in [-0.3, -0.25) is 4.79 Å². The number of hydrogen-bond donors (Lipinski definition) is 2. The van der Waals surface area contributed by atoms with Gasteiger partial charge in [-0.05, 0) is 25.5 Å². The van der Waals surface area contributed by atoms with Crippen LogP contribution in [-0.2, 0) is 0 Å². The van der Waals surface area contributed by atoms with Gasteiger partial charge in [0.25, 0.3) is 5.91 Å². The minimum atomic E-state index is -0.769. The summed E-state index contributed by atoms with van der Waals surface area (Å²) in [5.74, 6) is 0.365. The SMILES string of the molecule is CCCC(C)(O)CNc1ccc(C(=O)N(C)C)nn1. The molecule has 0 saturated carbocycles. The highest BCUT2D eigenvalue weighted by atomic mass is 16.3. The molecular weight excluding hydrogens is 244 g/mol. The number of nitrogens with zero attached hydrogens (tertiary/aromatic N) is 3. The molecule has 0 bridgehead atoms. The van der Waals surface area contributed by atoms with Crippen molar-refractivity contribution in [3.8, 4) is 0 Å². The Kier molecular flexibility index (Phi) is 5.23. The van der Waals surface area contributed by atoms with Crippen molar-refractivity contribution in [2.24, 2.45) is 0 Å². The maximum absolute atomic E-state index is 11.6. The van der Waals surface area contributed by atoms with E-state index in [0.29, 0.717) is 24.5 Å². The molecule has 1 heterocycles. The first-order chi connectivity index (χ1) is 8.85. The fraction of sp³-hybridized carbons (Fsp3) is 0.615. The van der Waals surface area contributed by atoms with Crippen LogP contribution in [-0.4, -0.2) is 52.4 Å². The van der Waals surface area contributed by atoms with E-state index in [4.69, 9.17) is 0 Å². The Morgan fingerprint density at radius 2 is 2.11 bits per heavy atom. The van der Waals surface area contributed by atoms with Gasteiger partial charge >= 0.3 is 0 Å². The molecule has 1 rings (SSSR count). The molecule has 0 saturated heterocycles. The van der Waals surface area contributed by atoms with Crippen LogP contribution in [0.4, 0.5) is 5.82 Å². The van der Waals surface area contributed by atoms with Crippen molar-refractivity contribution >= 4 is 11.7 Å². The predicted molar refractivity (Wildman–Crippen MR) is 74.1 cm³/mol. The van der Waals surface area contributed by atoms with Gasteiger partial charge in [-0.15, -0.1) is 10.2 Å². The Balaban J connectivity index is 2.60. The average molecular weight is 266 g/mol. The van der Waals surface area contributed by atoms with Crippen LogP contribution in [0, 0.1) is 0 Å². The van der Waals surface area contributed by atoms with Gasteiger partial charge in [-0.1, -0.05) is 13.3 Å². The van der Waals surface area contributed by atoms with E-state index in [2.05, 4.69) is 15.5 Å². The quantitative estimate of drug-likeness (QED) is 0.807. The zero-order valence-electron chi connectivity index (χ0n) is 12.0. The van der Waals surface area contributed by atoms with E-state index in [1.54, 1.807) is 33.2 Å². The first-order valence-electron chi connectivity index (χ1n) is 6.37. The number of hydrogen-bond acceptors (Lipinski definition) is 5. The molecule has 0 spiro atoms. The zero-order valence-corrected chi connectivity index (χ0v) is 12.0. The molecule has 1 unspecified atom stereocenters. The van der Waals surface area contributed by atoms with E-state index in [-0.39, 0.29) is 5.91 Å². The molecule has 0 radical (unpaired) electrons. The van der Waals surface area contributed by atoms with E-state index in [1.807, 2.05) is 6.92 Å². The van der Waals surface area contributed by atoms with Crippen molar-refractivity contribution in [2.75, 3.05) is 26.0 Å². The average Bonchev–Trinajstić information content (AvgIpc) is 2.36. The molecule has 19 heavy (non-hydrogen) atoms. The van der Waals surface area contributed by atoms with Crippen LogP contribution in [0.5, 0.6) is 0 Å². The number of nitrogens with one attached hydrogen (secondary N) is 1. The number of aromatic nitrogens is 2. The Bertz CT molecular complexity index is 415. The van der Waals surface area contributed by atoms with E-state index in [9.17, 15) is 9.90 Å². The van der Waals surface area contributed by atoms with Crippen molar-refractivity contribution in [1.82, 2.24) is 15.1 Å². The molecule has 1 amide bonds. The standard InChI is InChI=1S/C13H22N4O2/c1-5-8-13(2,19)9-14-11-7-6-10(15-16-11)12(18)17(3)4/h6-7,19H,5,8-9H2,1-4H3,(H,14,16). The highest BCUT2D eigenvalue weighted by Crippen LogP contribution is 2.13. The summed E-state index contributed by atoms with van der Waals surface area (Å²) >= 11 is 0. The largest absolute Gasteiger partial charge is 0.388 e. The van der Waals surface area contributed by atoms with Crippen LogP contribution < -0.4 is 5.32 Å². The topological polar surface area (TPSA) is 78.4 Å². The number of carbonyl (C=O) groups excluding carboxylic acids is 1. The summed E-state index contributed by atoms with van der Waals surface area (Å²) in [4.78, 5) is 13.1. The third-order valence-corrected chi connectivity index (χ3v) is 2.73. The number of carbonyl (C=O) groups is 1. The molecule has 1 aromatic heterocycles. The van der Waals surface area contributed by atoms with Crippen molar-refractivity contribution < 1.29 is 9.90 Å². The second kappa shape index (κ2) is 6.47. The molecule has 0 fully saturated rings. The maximum atomic E-state index is 11.6. The number of aliphatic hydroxyl groups is 1. The van der Waals surface area contributed by atoms with Crippen LogP contribution >= 0.6 is 0 Å². The highest BCUT2D eigenvalue weighted by molar-refractivity contribution is 5.91. The molecule has 2 N–H and O–H groups in total. The van der Waals surface area contributed by atoms with Crippen molar-refractivity contribution in [3.63, 3.8) is 0 Å². The van der Waals surface area contributed by atoms with Crippen molar-refractivity contribution in [1.29, 1.82) is 0 Å². The first-order valence-corrected chi connectivity index (χ1v) is 6.37. The second-order valence-electron chi connectivity index (χ2n) is 5.10. The van der Waals surface area contributed by atoms with Gasteiger partial charge in [0.2, 0.25) is 0 Å². The smallest absolute Gasteiger partial charge is 0.273 e. The molecule has 1 aromatic rings.